The predicted octanol–water partition coefficient (Wildman–Crippen LogP) is 3.14. The second-order valence-corrected chi connectivity index (χ2v) is 7.90. The van der Waals surface area contributed by atoms with Crippen LogP contribution in [0.5, 0.6) is 0 Å². The molecule has 0 radical (unpaired) electrons. The van der Waals surface area contributed by atoms with Crippen molar-refractivity contribution in [1.29, 1.82) is 0 Å². The van der Waals surface area contributed by atoms with Crippen LogP contribution in [0.15, 0.2) is 42.6 Å². The Morgan fingerprint density at radius 2 is 2.07 bits per heavy atom. The largest absolute Gasteiger partial charge is 0.354 e. The van der Waals surface area contributed by atoms with E-state index in [1.165, 1.54) is 0 Å². The van der Waals surface area contributed by atoms with Gasteiger partial charge in [-0.05, 0) is 30.3 Å². The average Bonchev–Trinajstić information content (AvgIpc) is 3.08. The van der Waals surface area contributed by atoms with Crippen molar-refractivity contribution in [3.63, 3.8) is 0 Å². The Hall–Kier alpha value is -2.51. The summed E-state index contributed by atoms with van der Waals surface area (Å²) in [6.07, 6.45) is 2.78. The van der Waals surface area contributed by atoms with Gasteiger partial charge in [0.15, 0.2) is 0 Å². The van der Waals surface area contributed by atoms with Crippen molar-refractivity contribution in [1.82, 2.24) is 20.6 Å². The van der Waals surface area contributed by atoms with Crippen molar-refractivity contribution < 1.29 is 9.59 Å². The lowest BCUT2D eigenvalue weighted by Gasteiger charge is -2.18. The first-order valence-electron chi connectivity index (χ1n) is 9.04. The zero-order valence-electron chi connectivity index (χ0n) is 15.4. The number of rotatable bonds is 8. The van der Waals surface area contributed by atoms with E-state index in [1.807, 2.05) is 36.4 Å². The summed E-state index contributed by atoms with van der Waals surface area (Å²) in [7, 11) is 0. The number of hydrogen-bond donors (Lipinski definition) is 2. The number of nitrogens with zero attached hydrogens (tertiary/aromatic N) is 2. The fourth-order valence-electron chi connectivity index (χ4n) is 2.71. The highest BCUT2D eigenvalue weighted by Crippen LogP contribution is 2.25. The van der Waals surface area contributed by atoms with Gasteiger partial charge in [-0.1, -0.05) is 24.6 Å². The van der Waals surface area contributed by atoms with E-state index in [9.17, 15) is 9.59 Å². The van der Waals surface area contributed by atoms with Crippen LogP contribution >= 0.6 is 22.9 Å². The third-order valence-corrected chi connectivity index (χ3v) is 5.39. The Morgan fingerprint density at radius 3 is 2.82 bits per heavy atom. The van der Waals surface area contributed by atoms with Crippen molar-refractivity contribution >= 4 is 45.0 Å². The third-order valence-electron chi connectivity index (χ3n) is 4.12. The molecule has 3 aromatic rings. The maximum atomic E-state index is 12.2. The minimum atomic E-state index is -0.240. The minimum absolute atomic E-state index is 0.0619. The van der Waals surface area contributed by atoms with Gasteiger partial charge in [-0.15, -0.1) is 11.3 Å². The summed E-state index contributed by atoms with van der Waals surface area (Å²) < 4.78 is 1.00. The third kappa shape index (κ3) is 5.74. The van der Waals surface area contributed by atoms with Crippen LogP contribution in [0, 0.1) is 0 Å². The van der Waals surface area contributed by atoms with Crippen molar-refractivity contribution in [2.75, 3.05) is 6.54 Å². The van der Waals surface area contributed by atoms with Crippen molar-refractivity contribution in [3.8, 4) is 0 Å². The highest BCUT2D eigenvalue weighted by atomic mass is 35.5. The highest BCUT2D eigenvalue weighted by Gasteiger charge is 2.16. The molecule has 0 bridgehead atoms. The number of carbonyl (C=O) groups is 2. The molecule has 0 spiro atoms. The number of fused-ring (bicyclic) bond motifs is 1. The molecule has 0 aliphatic rings. The van der Waals surface area contributed by atoms with Gasteiger partial charge >= 0.3 is 0 Å². The lowest BCUT2D eigenvalue weighted by atomic mass is 10.2. The van der Waals surface area contributed by atoms with E-state index in [-0.39, 0.29) is 24.3 Å². The van der Waals surface area contributed by atoms with E-state index in [1.54, 1.807) is 24.5 Å². The maximum Gasteiger partial charge on any atom is 0.226 e. The second-order valence-electron chi connectivity index (χ2n) is 6.34. The Morgan fingerprint density at radius 1 is 1.21 bits per heavy atom. The van der Waals surface area contributed by atoms with E-state index in [4.69, 9.17) is 11.6 Å². The Balaban J connectivity index is 1.64. The molecule has 0 aliphatic carbocycles. The number of benzene rings is 1. The van der Waals surface area contributed by atoms with Crippen molar-refractivity contribution in [2.24, 2.45) is 0 Å². The Kier molecular flexibility index (Phi) is 6.95. The first kappa shape index (κ1) is 20.2. The van der Waals surface area contributed by atoms with Gasteiger partial charge < -0.3 is 10.6 Å². The average molecular weight is 417 g/mol. The summed E-state index contributed by atoms with van der Waals surface area (Å²) in [5.41, 5.74) is 1.58. The monoisotopic (exact) mass is 416 g/mol. The minimum Gasteiger partial charge on any atom is -0.354 e. The number of aromatic nitrogens is 2. The molecule has 28 heavy (non-hydrogen) atoms. The molecule has 6 nitrogen and oxygen atoms in total. The highest BCUT2D eigenvalue weighted by molar-refractivity contribution is 7.18. The number of thiazole rings is 1. The molecule has 0 saturated heterocycles. The lowest BCUT2D eigenvalue weighted by molar-refractivity contribution is -0.123. The van der Waals surface area contributed by atoms with Gasteiger partial charge in [0, 0.05) is 36.3 Å². The fourth-order valence-corrected chi connectivity index (χ4v) is 4.04. The number of halogens is 1. The van der Waals surface area contributed by atoms with E-state index in [0.717, 1.165) is 15.2 Å². The van der Waals surface area contributed by atoms with Crippen LogP contribution in [-0.2, 0) is 22.4 Å². The SMILES string of the molecule is CCC(=O)N[C@H](CNC(=O)Cc1ccccn1)Cc1nc2ccc(Cl)cc2s1. The van der Waals surface area contributed by atoms with E-state index >= 15 is 0 Å². The Labute approximate surface area is 172 Å². The molecule has 1 atom stereocenters. The van der Waals surface area contributed by atoms with Crippen LogP contribution in [0.1, 0.15) is 24.0 Å². The first-order chi connectivity index (χ1) is 13.5. The first-order valence-corrected chi connectivity index (χ1v) is 10.2. The Bertz CT molecular complexity index is 961. The number of hydrogen-bond acceptors (Lipinski definition) is 5. The number of carbonyl (C=O) groups excluding carboxylic acids is 2. The molecule has 2 heterocycles. The van der Waals surface area contributed by atoms with Gasteiger partial charge in [0.1, 0.15) is 0 Å². The predicted molar refractivity (Wildman–Crippen MR) is 112 cm³/mol. The van der Waals surface area contributed by atoms with Crippen LogP contribution in [0.2, 0.25) is 5.02 Å². The lowest BCUT2D eigenvalue weighted by Crippen LogP contribution is -2.45. The zero-order chi connectivity index (χ0) is 19.9. The molecule has 0 saturated carbocycles. The molecule has 2 amide bonds. The van der Waals surface area contributed by atoms with Gasteiger partial charge in [0.25, 0.3) is 0 Å². The molecule has 0 aliphatic heterocycles. The van der Waals surface area contributed by atoms with Gasteiger partial charge in [0.2, 0.25) is 11.8 Å². The van der Waals surface area contributed by atoms with Crippen LogP contribution in [0.4, 0.5) is 0 Å². The fraction of sp³-hybridized carbons (Fsp3) is 0.300. The van der Waals surface area contributed by atoms with Gasteiger partial charge in [-0.2, -0.15) is 0 Å². The van der Waals surface area contributed by atoms with E-state index in [0.29, 0.717) is 30.1 Å². The van der Waals surface area contributed by atoms with Gasteiger partial charge in [0.05, 0.1) is 27.7 Å². The topological polar surface area (TPSA) is 84.0 Å². The summed E-state index contributed by atoms with van der Waals surface area (Å²) in [4.78, 5) is 32.9. The van der Waals surface area contributed by atoms with Crippen LogP contribution in [0.25, 0.3) is 10.2 Å². The second kappa shape index (κ2) is 9.61. The summed E-state index contributed by atoms with van der Waals surface area (Å²) in [5, 5.41) is 7.40. The van der Waals surface area contributed by atoms with Crippen molar-refractivity contribution in [3.05, 3.63) is 58.3 Å². The number of pyridine rings is 1. The molecular formula is C20H21ClN4O2S. The maximum absolute atomic E-state index is 12.2. The molecule has 3 rings (SSSR count). The van der Waals surface area contributed by atoms with E-state index < -0.39 is 0 Å². The zero-order valence-corrected chi connectivity index (χ0v) is 17.0. The molecular weight excluding hydrogens is 396 g/mol. The van der Waals surface area contributed by atoms with Crippen molar-refractivity contribution in [2.45, 2.75) is 32.2 Å². The summed E-state index contributed by atoms with van der Waals surface area (Å²) in [5.74, 6) is -0.196. The molecule has 146 valence electrons. The summed E-state index contributed by atoms with van der Waals surface area (Å²) in [6, 6.07) is 10.8. The van der Waals surface area contributed by atoms with Gasteiger partial charge in [-0.25, -0.2) is 4.98 Å². The normalized spacial score (nSPS) is 11.9. The molecule has 0 fully saturated rings. The van der Waals surface area contributed by atoms with E-state index in [2.05, 4.69) is 20.6 Å². The smallest absolute Gasteiger partial charge is 0.226 e. The van der Waals surface area contributed by atoms with Crippen LogP contribution in [0.3, 0.4) is 0 Å². The standard InChI is InChI=1S/C20H21ClN4O2S/c1-2-18(26)24-15(12-23-19(27)10-14-5-3-4-8-22-14)11-20-25-16-7-6-13(21)9-17(16)28-20/h3-9,15H,2,10-12H2,1H3,(H,23,27)(H,24,26)/t15-/m0/s1. The molecule has 2 aromatic heterocycles. The molecule has 2 N–H and O–H groups in total. The molecule has 1 aromatic carbocycles. The quantitative estimate of drug-likeness (QED) is 0.590. The molecule has 0 unspecified atom stereocenters. The summed E-state index contributed by atoms with van der Waals surface area (Å²) >= 11 is 7.58. The number of nitrogens with one attached hydrogen (secondary N) is 2. The molecule has 8 heteroatoms. The van der Waals surface area contributed by atoms with Crippen LogP contribution < -0.4 is 10.6 Å². The van der Waals surface area contributed by atoms with Gasteiger partial charge in [-0.3, -0.25) is 14.6 Å². The van der Waals surface area contributed by atoms with Crippen LogP contribution in [-0.4, -0.2) is 34.4 Å². The number of amides is 2. The summed E-state index contributed by atoms with van der Waals surface area (Å²) in [6.45, 7) is 2.12.